The third-order valence-electron chi connectivity index (χ3n) is 5.21. The predicted molar refractivity (Wildman–Crippen MR) is 125 cm³/mol. The monoisotopic (exact) mass is 557 g/mol. The molecule has 1 saturated heterocycles. The van der Waals surface area contributed by atoms with Crippen molar-refractivity contribution in [3.8, 4) is 5.75 Å². The fourth-order valence-corrected chi connectivity index (χ4v) is 6.22. The van der Waals surface area contributed by atoms with Gasteiger partial charge in [0.1, 0.15) is 28.9 Å². The summed E-state index contributed by atoms with van der Waals surface area (Å²) in [6, 6.07) is 3.66. The molecule has 2 unspecified atom stereocenters. The van der Waals surface area contributed by atoms with Crippen molar-refractivity contribution in [1.29, 1.82) is 0 Å². The number of carbonyl (C=O) groups excluding carboxylic acids is 2. The van der Waals surface area contributed by atoms with Crippen LogP contribution in [0.2, 0.25) is 0 Å². The summed E-state index contributed by atoms with van der Waals surface area (Å²) in [6.07, 6.45) is 0. The Balaban J connectivity index is 1.42. The normalized spacial score (nSPS) is 20.5. The zero-order chi connectivity index (χ0) is 26.2. The van der Waals surface area contributed by atoms with Gasteiger partial charge in [-0.2, -0.15) is 8.42 Å². The predicted octanol–water partition coefficient (Wildman–Crippen LogP) is -0.306. The Labute approximate surface area is 212 Å². The van der Waals surface area contributed by atoms with Crippen LogP contribution in [0.3, 0.4) is 0 Å². The van der Waals surface area contributed by atoms with Crippen molar-refractivity contribution in [1.82, 2.24) is 20.4 Å². The summed E-state index contributed by atoms with van der Waals surface area (Å²) >= 11 is 2.20. The van der Waals surface area contributed by atoms with Crippen LogP contribution >= 0.6 is 23.5 Å². The highest BCUT2D eigenvalue weighted by atomic mass is 32.2. The van der Waals surface area contributed by atoms with Crippen molar-refractivity contribution in [2.45, 2.75) is 28.4 Å². The molecule has 1 fully saturated rings. The molecule has 0 spiro atoms. The van der Waals surface area contributed by atoms with Crippen molar-refractivity contribution < 1.29 is 42.0 Å². The zero-order valence-electron chi connectivity index (χ0n) is 18.1. The molecule has 1 aromatic heterocycles. The summed E-state index contributed by atoms with van der Waals surface area (Å²) < 4.78 is 35.8. The van der Waals surface area contributed by atoms with Gasteiger partial charge in [-0.25, -0.2) is 4.79 Å². The number of aliphatic carboxylic acids is 1. The quantitative estimate of drug-likeness (QED) is 0.151. The molecule has 3 atom stereocenters. The van der Waals surface area contributed by atoms with Gasteiger partial charge in [0.2, 0.25) is 11.8 Å². The van der Waals surface area contributed by atoms with Gasteiger partial charge in [0.05, 0.1) is 0 Å². The number of β-lactam (4-membered cyclic amide) rings is 1. The molecule has 1 aromatic carbocycles. The molecule has 2 aliphatic heterocycles. The van der Waals surface area contributed by atoms with E-state index in [-0.39, 0.29) is 34.1 Å². The second-order valence-electron chi connectivity index (χ2n) is 7.70. The highest BCUT2D eigenvalue weighted by Gasteiger charge is 2.54. The van der Waals surface area contributed by atoms with Gasteiger partial charge in [-0.1, -0.05) is 23.9 Å². The van der Waals surface area contributed by atoms with Crippen molar-refractivity contribution in [3.05, 3.63) is 47.0 Å². The summed E-state index contributed by atoms with van der Waals surface area (Å²) in [5.41, 5.74) is 6.56. The Bertz CT molecular complexity index is 1340. The number of carbonyl (C=O) groups is 3. The van der Waals surface area contributed by atoms with Crippen LogP contribution in [0.15, 0.2) is 45.2 Å². The lowest BCUT2D eigenvalue weighted by Crippen LogP contribution is -2.71. The topological polar surface area (TPSA) is 226 Å². The van der Waals surface area contributed by atoms with Crippen LogP contribution in [0.5, 0.6) is 5.75 Å². The molecule has 0 aliphatic carbocycles. The summed E-state index contributed by atoms with van der Waals surface area (Å²) in [5.74, 6) is -3.45. The summed E-state index contributed by atoms with van der Waals surface area (Å²) in [5, 5.41) is 28.2. The Morgan fingerprint density at radius 2 is 2.00 bits per heavy atom. The first-order chi connectivity index (χ1) is 16.9. The smallest absolute Gasteiger partial charge is 0.352 e. The Kier molecular flexibility index (Phi) is 7.28. The number of benzene rings is 1. The number of nitrogens with two attached hydrogens (primary N) is 1. The van der Waals surface area contributed by atoms with E-state index >= 15 is 0 Å². The van der Waals surface area contributed by atoms with Crippen molar-refractivity contribution >= 4 is 51.4 Å². The largest absolute Gasteiger partial charge is 0.508 e. The van der Waals surface area contributed by atoms with Gasteiger partial charge in [0.25, 0.3) is 21.2 Å². The van der Waals surface area contributed by atoms with Gasteiger partial charge in [-0.05, 0) is 23.3 Å². The van der Waals surface area contributed by atoms with Gasteiger partial charge < -0.3 is 25.7 Å². The second-order valence-corrected chi connectivity index (χ2v) is 11.2. The number of aromatic nitrogens is 2. The Morgan fingerprint density at radius 3 is 2.64 bits per heavy atom. The van der Waals surface area contributed by atoms with E-state index in [9.17, 15) is 33.0 Å². The van der Waals surface area contributed by atoms with E-state index in [0.29, 0.717) is 11.1 Å². The standard InChI is InChI=1S/C19H19N5O9S3/c20-12(8-1-3-10(25)4-2-8)15(26)21-13-16(27)24-14(18(28)29)9(5-34-17(13)24)6-35-19-23-22-11(33-19)7-36(30,31)32/h1-4,12-13,17,25H,5-7,20H2,(H,21,26)(H,28,29)(H,30,31,32)/t12?,13?,17-/m1/s1. The van der Waals surface area contributed by atoms with Crippen LogP contribution in [-0.2, 0) is 30.3 Å². The number of nitrogens with zero attached hydrogens (tertiary/aromatic N) is 3. The highest BCUT2D eigenvalue weighted by molar-refractivity contribution is 8.01. The molecule has 36 heavy (non-hydrogen) atoms. The van der Waals surface area contributed by atoms with Gasteiger partial charge in [-0.15, -0.1) is 22.0 Å². The lowest BCUT2D eigenvalue weighted by Gasteiger charge is -2.49. The number of hydrogen-bond donors (Lipinski definition) is 5. The van der Waals surface area contributed by atoms with Crippen LogP contribution in [0.4, 0.5) is 0 Å². The Morgan fingerprint density at radius 1 is 1.31 bits per heavy atom. The average Bonchev–Trinajstić information content (AvgIpc) is 3.25. The molecule has 4 rings (SSSR count). The minimum atomic E-state index is -4.36. The molecule has 17 heteroatoms. The number of amides is 2. The third kappa shape index (κ3) is 5.49. The molecule has 3 heterocycles. The van der Waals surface area contributed by atoms with Crippen LogP contribution in [-0.4, -0.2) is 79.0 Å². The molecule has 6 N–H and O–H groups in total. The van der Waals surface area contributed by atoms with E-state index in [1.807, 2.05) is 0 Å². The number of fused-ring (bicyclic) bond motifs is 1. The van der Waals surface area contributed by atoms with Gasteiger partial charge >= 0.3 is 5.97 Å². The van der Waals surface area contributed by atoms with E-state index in [1.54, 1.807) is 0 Å². The molecule has 2 aromatic rings. The number of phenols is 1. The number of carboxylic acid groups (broad SMARTS) is 1. The number of nitrogens with one attached hydrogen (secondary N) is 1. The van der Waals surface area contributed by atoms with E-state index in [2.05, 4.69) is 15.5 Å². The first kappa shape index (κ1) is 26.0. The van der Waals surface area contributed by atoms with E-state index in [1.165, 1.54) is 36.0 Å². The van der Waals surface area contributed by atoms with E-state index in [0.717, 1.165) is 16.7 Å². The van der Waals surface area contributed by atoms with E-state index < -0.39 is 51.1 Å². The number of carboxylic acids is 1. The number of rotatable bonds is 9. The molecular formula is C19H19N5O9S3. The SMILES string of the molecule is NC(C(=O)NC1C(=O)N2C(C(=O)O)=C(CSc3nnc(CS(=O)(=O)O)o3)CS[C@H]12)c1ccc(O)cc1. The molecule has 2 amide bonds. The maximum atomic E-state index is 12.8. The minimum Gasteiger partial charge on any atom is -0.508 e. The maximum absolute atomic E-state index is 12.8. The number of aromatic hydroxyl groups is 1. The molecule has 14 nitrogen and oxygen atoms in total. The second kappa shape index (κ2) is 10.1. The van der Waals surface area contributed by atoms with Crippen molar-refractivity contribution in [3.63, 3.8) is 0 Å². The molecule has 192 valence electrons. The average molecular weight is 558 g/mol. The van der Waals surface area contributed by atoms with Crippen molar-refractivity contribution in [2.24, 2.45) is 5.73 Å². The van der Waals surface area contributed by atoms with Gasteiger partial charge in [-0.3, -0.25) is 19.0 Å². The lowest BCUT2D eigenvalue weighted by molar-refractivity contribution is -0.150. The highest BCUT2D eigenvalue weighted by Crippen LogP contribution is 2.41. The van der Waals surface area contributed by atoms with E-state index in [4.69, 9.17) is 14.7 Å². The third-order valence-corrected chi connectivity index (χ3v) is 8.06. The zero-order valence-corrected chi connectivity index (χ0v) is 20.5. The lowest BCUT2D eigenvalue weighted by atomic mass is 10.0. The first-order valence-electron chi connectivity index (χ1n) is 10.1. The Hall–Kier alpha value is -3.12. The fraction of sp³-hybridized carbons (Fsp3) is 0.316. The van der Waals surface area contributed by atoms with Gasteiger partial charge in [0.15, 0.2) is 5.75 Å². The van der Waals surface area contributed by atoms with Crippen LogP contribution in [0.1, 0.15) is 17.5 Å². The maximum Gasteiger partial charge on any atom is 0.352 e. The van der Waals surface area contributed by atoms with Crippen LogP contribution in [0.25, 0.3) is 0 Å². The fourth-order valence-electron chi connectivity index (χ4n) is 3.53. The molecule has 0 bridgehead atoms. The molecular weight excluding hydrogens is 538 g/mol. The molecule has 0 saturated carbocycles. The summed E-state index contributed by atoms with van der Waals surface area (Å²) in [7, 11) is -4.36. The number of phenolic OH excluding ortho intramolecular Hbond substituents is 1. The molecule has 2 aliphatic rings. The number of thioether (sulfide) groups is 2. The van der Waals surface area contributed by atoms with Gasteiger partial charge in [0, 0.05) is 11.5 Å². The first-order valence-corrected chi connectivity index (χ1v) is 13.7. The summed E-state index contributed by atoms with van der Waals surface area (Å²) in [4.78, 5) is 38.5. The van der Waals surface area contributed by atoms with Crippen LogP contribution < -0.4 is 11.1 Å². The van der Waals surface area contributed by atoms with Crippen molar-refractivity contribution in [2.75, 3.05) is 11.5 Å². The minimum absolute atomic E-state index is 0.00867. The summed E-state index contributed by atoms with van der Waals surface area (Å²) in [6.45, 7) is 0. The van der Waals surface area contributed by atoms with Crippen LogP contribution in [0, 0.1) is 0 Å². The number of hydrogen-bond acceptors (Lipinski definition) is 12. The molecule has 0 radical (unpaired) electrons.